The summed E-state index contributed by atoms with van der Waals surface area (Å²) < 4.78 is 0.937. The summed E-state index contributed by atoms with van der Waals surface area (Å²) in [5, 5.41) is 0.603. The maximum Gasteiger partial charge on any atom is 0.254 e. The Morgan fingerprint density at radius 3 is 2.90 bits per heavy atom. The van der Waals surface area contributed by atoms with Crippen molar-refractivity contribution in [2.24, 2.45) is 0 Å². The highest BCUT2D eigenvalue weighted by Crippen LogP contribution is 2.25. The number of nitrogens with zero attached hydrogens (tertiary/aromatic N) is 2. The van der Waals surface area contributed by atoms with Crippen LogP contribution in [0.5, 0.6) is 0 Å². The second-order valence-corrected chi connectivity index (χ2v) is 6.73. The third-order valence-electron chi connectivity index (χ3n) is 3.95. The highest BCUT2D eigenvalue weighted by Gasteiger charge is 2.37. The second kappa shape index (κ2) is 5.52. The maximum atomic E-state index is 12.5. The smallest absolute Gasteiger partial charge is 0.254 e. The molecule has 2 heterocycles. The molecule has 1 aromatic carbocycles. The summed E-state index contributed by atoms with van der Waals surface area (Å²) in [6.45, 7) is 1.88. The zero-order chi connectivity index (χ0) is 14.3. The summed E-state index contributed by atoms with van der Waals surface area (Å²) >= 11 is 8.21. The van der Waals surface area contributed by atoms with Crippen LogP contribution in [0.15, 0.2) is 18.2 Å². The molecule has 20 heavy (non-hydrogen) atoms. The molecular formula is C14H14ClIN2O2. The van der Waals surface area contributed by atoms with E-state index in [9.17, 15) is 9.59 Å². The van der Waals surface area contributed by atoms with E-state index >= 15 is 0 Å². The minimum atomic E-state index is 0.00213. The van der Waals surface area contributed by atoms with Gasteiger partial charge in [0.15, 0.2) is 0 Å². The van der Waals surface area contributed by atoms with Crippen molar-refractivity contribution >= 4 is 46.0 Å². The number of piperazine rings is 1. The SMILES string of the molecule is O=C(c1ccc(I)c(Cl)c1)N1CCN2C(=O)CCC2C1. The molecule has 3 rings (SSSR count). The van der Waals surface area contributed by atoms with Crippen molar-refractivity contribution in [3.63, 3.8) is 0 Å². The van der Waals surface area contributed by atoms with Gasteiger partial charge in [0, 0.05) is 41.2 Å². The lowest BCUT2D eigenvalue weighted by Crippen LogP contribution is -2.53. The first-order valence-corrected chi connectivity index (χ1v) is 8.06. The molecule has 0 bridgehead atoms. The van der Waals surface area contributed by atoms with Gasteiger partial charge in [-0.3, -0.25) is 9.59 Å². The van der Waals surface area contributed by atoms with Crippen LogP contribution in [0.25, 0.3) is 0 Å². The molecule has 0 radical (unpaired) electrons. The van der Waals surface area contributed by atoms with E-state index in [0.717, 1.165) is 9.99 Å². The number of rotatable bonds is 1. The molecule has 1 unspecified atom stereocenters. The number of hydrogen-bond donors (Lipinski definition) is 0. The summed E-state index contributed by atoms with van der Waals surface area (Å²) in [5.74, 6) is 0.224. The van der Waals surface area contributed by atoms with Crippen LogP contribution in [0.4, 0.5) is 0 Å². The molecule has 2 amide bonds. The normalized spacial score (nSPS) is 22.1. The van der Waals surface area contributed by atoms with Crippen molar-refractivity contribution in [2.75, 3.05) is 19.6 Å². The Balaban J connectivity index is 1.75. The van der Waals surface area contributed by atoms with Crippen LogP contribution in [0.1, 0.15) is 23.2 Å². The molecule has 0 saturated carbocycles. The maximum absolute atomic E-state index is 12.5. The molecule has 1 atom stereocenters. The van der Waals surface area contributed by atoms with Gasteiger partial charge in [-0.2, -0.15) is 0 Å². The molecule has 0 aromatic heterocycles. The summed E-state index contributed by atoms with van der Waals surface area (Å²) in [4.78, 5) is 27.9. The average molecular weight is 405 g/mol. The van der Waals surface area contributed by atoms with E-state index in [2.05, 4.69) is 22.6 Å². The number of fused-ring (bicyclic) bond motifs is 1. The topological polar surface area (TPSA) is 40.6 Å². The predicted octanol–water partition coefficient (Wildman–Crippen LogP) is 2.39. The zero-order valence-electron chi connectivity index (χ0n) is 10.8. The van der Waals surface area contributed by atoms with Crippen LogP contribution in [0.2, 0.25) is 5.02 Å². The number of hydrogen-bond acceptors (Lipinski definition) is 2. The van der Waals surface area contributed by atoms with Gasteiger partial charge >= 0.3 is 0 Å². The number of halogens is 2. The van der Waals surface area contributed by atoms with Crippen LogP contribution in [0, 0.1) is 3.57 Å². The van der Waals surface area contributed by atoms with E-state index in [4.69, 9.17) is 11.6 Å². The van der Waals surface area contributed by atoms with Gasteiger partial charge < -0.3 is 9.80 Å². The molecule has 1 aromatic rings. The average Bonchev–Trinajstić information content (AvgIpc) is 2.82. The van der Waals surface area contributed by atoms with Crippen molar-refractivity contribution in [2.45, 2.75) is 18.9 Å². The van der Waals surface area contributed by atoms with E-state index < -0.39 is 0 Å². The molecule has 0 spiro atoms. The Labute approximate surface area is 136 Å². The fraction of sp³-hybridized carbons (Fsp3) is 0.429. The lowest BCUT2D eigenvalue weighted by molar-refractivity contribution is -0.130. The molecule has 2 aliphatic rings. The standard InChI is InChI=1S/C14H14ClIN2O2/c15-11-7-9(1-3-12(11)16)14(20)17-5-6-18-10(8-17)2-4-13(18)19/h1,3,7,10H,2,4-6,8H2. The third kappa shape index (κ3) is 2.53. The number of carbonyl (C=O) groups excluding carboxylic acids is 2. The van der Waals surface area contributed by atoms with Crippen LogP contribution in [-0.2, 0) is 4.79 Å². The molecule has 106 valence electrons. The molecule has 4 nitrogen and oxygen atoms in total. The summed E-state index contributed by atoms with van der Waals surface area (Å²) in [6, 6.07) is 5.57. The number of amides is 2. The number of carbonyl (C=O) groups is 2. The Kier molecular flexibility index (Phi) is 3.90. The first kappa shape index (κ1) is 14.1. The summed E-state index contributed by atoms with van der Waals surface area (Å²) in [6.07, 6.45) is 1.47. The lowest BCUT2D eigenvalue weighted by Gasteiger charge is -2.37. The van der Waals surface area contributed by atoms with Gasteiger partial charge in [0.05, 0.1) is 5.02 Å². The van der Waals surface area contributed by atoms with Crippen molar-refractivity contribution < 1.29 is 9.59 Å². The fourth-order valence-corrected chi connectivity index (χ4v) is 3.38. The summed E-state index contributed by atoms with van der Waals surface area (Å²) in [5.41, 5.74) is 0.619. The summed E-state index contributed by atoms with van der Waals surface area (Å²) in [7, 11) is 0. The molecule has 2 aliphatic heterocycles. The number of benzene rings is 1. The van der Waals surface area contributed by atoms with Gasteiger partial charge in [-0.15, -0.1) is 0 Å². The van der Waals surface area contributed by atoms with E-state index in [1.165, 1.54) is 0 Å². The molecule has 0 N–H and O–H groups in total. The van der Waals surface area contributed by atoms with Crippen LogP contribution >= 0.6 is 34.2 Å². The van der Waals surface area contributed by atoms with Crippen molar-refractivity contribution in [1.82, 2.24) is 9.80 Å². The molecule has 2 fully saturated rings. The largest absolute Gasteiger partial charge is 0.336 e. The van der Waals surface area contributed by atoms with Crippen LogP contribution in [0.3, 0.4) is 0 Å². The van der Waals surface area contributed by atoms with E-state index in [0.29, 0.717) is 36.6 Å². The van der Waals surface area contributed by atoms with E-state index in [1.807, 2.05) is 21.9 Å². The Bertz CT molecular complexity index is 578. The van der Waals surface area contributed by atoms with Crippen LogP contribution < -0.4 is 0 Å². The van der Waals surface area contributed by atoms with Crippen molar-refractivity contribution in [3.8, 4) is 0 Å². The highest BCUT2D eigenvalue weighted by molar-refractivity contribution is 14.1. The Morgan fingerprint density at radius 1 is 1.35 bits per heavy atom. The monoisotopic (exact) mass is 404 g/mol. The predicted molar refractivity (Wildman–Crippen MR) is 84.8 cm³/mol. The van der Waals surface area contributed by atoms with Gasteiger partial charge in [-0.05, 0) is 47.2 Å². The zero-order valence-corrected chi connectivity index (χ0v) is 13.7. The van der Waals surface area contributed by atoms with E-state index in [-0.39, 0.29) is 17.9 Å². The molecular weight excluding hydrogens is 391 g/mol. The first-order valence-electron chi connectivity index (χ1n) is 6.60. The fourth-order valence-electron chi connectivity index (χ4n) is 2.86. The Morgan fingerprint density at radius 2 is 2.15 bits per heavy atom. The van der Waals surface area contributed by atoms with Gasteiger partial charge in [-0.25, -0.2) is 0 Å². The van der Waals surface area contributed by atoms with E-state index in [1.54, 1.807) is 6.07 Å². The van der Waals surface area contributed by atoms with Crippen molar-refractivity contribution in [3.05, 3.63) is 32.4 Å². The molecule has 0 aliphatic carbocycles. The van der Waals surface area contributed by atoms with Crippen molar-refractivity contribution in [1.29, 1.82) is 0 Å². The lowest BCUT2D eigenvalue weighted by atomic mass is 10.1. The van der Waals surface area contributed by atoms with Gasteiger partial charge in [0.25, 0.3) is 5.91 Å². The third-order valence-corrected chi connectivity index (χ3v) is 5.52. The van der Waals surface area contributed by atoms with Crippen LogP contribution in [-0.4, -0.2) is 47.3 Å². The van der Waals surface area contributed by atoms with Gasteiger partial charge in [-0.1, -0.05) is 11.6 Å². The van der Waals surface area contributed by atoms with Gasteiger partial charge in [0.1, 0.15) is 0 Å². The second-order valence-electron chi connectivity index (χ2n) is 5.16. The quantitative estimate of drug-likeness (QED) is 0.675. The minimum absolute atomic E-state index is 0.00213. The highest BCUT2D eigenvalue weighted by atomic mass is 127. The molecule has 2 saturated heterocycles. The molecule has 6 heteroatoms. The Hall–Kier alpha value is -0.820. The first-order chi connectivity index (χ1) is 9.56. The minimum Gasteiger partial charge on any atom is -0.336 e. The van der Waals surface area contributed by atoms with Gasteiger partial charge in [0.2, 0.25) is 5.91 Å².